The minimum absolute atomic E-state index is 0.0148. The Hall–Kier alpha value is -0.610. The van der Waals surface area contributed by atoms with Crippen LogP contribution in [-0.4, -0.2) is 34.9 Å². The van der Waals surface area contributed by atoms with Gasteiger partial charge in [0.15, 0.2) is 0 Å². The lowest BCUT2D eigenvalue weighted by molar-refractivity contribution is -0.128. The molecule has 0 spiro atoms. The van der Waals surface area contributed by atoms with Gasteiger partial charge in [0, 0.05) is 5.92 Å². The smallest absolute Gasteiger partial charge is 0.223 e. The lowest BCUT2D eigenvalue weighted by Crippen LogP contribution is -2.55. The predicted molar refractivity (Wildman–Crippen MR) is 68.6 cm³/mol. The van der Waals surface area contributed by atoms with E-state index in [1.807, 2.05) is 13.8 Å². The molecule has 0 radical (unpaired) electrons. The number of nitrogens with one attached hydrogen (secondary N) is 1. The van der Waals surface area contributed by atoms with Crippen molar-refractivity contribution in [3.05, 3.63) is 0 Å². The molecule has 0 heterocycles. The maximum Gasteiger partial charge on any atom is 0.223 e. The van der Waals surface area contributed by atoms with Crippen LogP contribution in [0.3, 0.4) is 0 Å². The van der Waals surface area contributed by atoms with Gasteiger partial charge in [0.25, 0.3) is 0 Å². The maximum atomic E-state index is 12.0. The van der Waals surface area contributed by atoms with E-state index in [-0.39, 0.29) is 25.0 Å². The summed E-state index contributed by atoms with van der Waals surface area (Å²) in [5, 5.41) is 21.4. The molecule has 0 aliphatic heterocycles. The lowest BCUT2D eigenvalue weighted by atomic mass is 9.94. The zero-order valence-electron chi connectivity index (χ0n) is 11.3. The molecule has 17 heavy (non-hydrogen) atoms. The van der Waals surface area contributed by atoms with E-state index in [2.05, 4.69) is 12.2 Å². The first-order valence-corrected chi connectivity index (χ1v) is 6.62. The molecule has 0 bridgehead atoms. The second-order valence-electron chi connectivity index (χ2n) is 4.69. The number of aliphatic hydroxyl groups is 2. The molecule has 4 nitrogen and oxygen atoms in total. The van der Waals surface area contributed by atoms with E-state index in [4.69, 9.17) is 0 Å². The Kier molecular flexibility index (Phi) is 8.17. The maximum absolute atomic E-state index is 12.0. The minimum Gasteiger partial charge on any atom is -0.394 e. The van der Waals surface area contributed by atoms with Crippen LogP contribution in [0.5, 0.6) is 0 Å². The highest BCUT2D eigenvalue weighted by atomic mass is 16.3. The van der Waals surface area contributed by atoms with E-state index in [1.54, 1.807) is 0 Å². The number of unbranched alkanes of at least 4 members (excludes halogenated alkanes) is 1. The third-order valence-electron chi connectivity index (χ3n) is 3.44. The summed E-state index contributed by atoms with van der Waals surface area (Å²) in [7, 11) is 0. The molecule has 1 atom stereocenters. The number of rotatable bonds is 9. The third kappa shape index (κ3) is 5.04. The highest BCUT2D eigenvalue weighted by molar-refractivity contribution is 5.79. The van der Waals surface area contributed by atoms with Crippen LogP contribution in [0.4, 0.5) is 0 Å². The van der Waals surface area contributed by atoms with Crippen LogP contribution in [0.25, 0.3) is 0 Å². The van der Waals surface area contributed by atoms with Crippen LogP contribution in [0.15, 0.2) is 0 Å². The largest absolute Gasteiger partial charge is 0.394 e. The van der Waals surface area contributed by atoms with Crippen molar-refractivity contribution >= 4 is 5.91 Å². The molecule has 1 amide bonds. The topological polar surface area (TPSA) is 69.6 Å². The van der Waals surface area contributed by atoms with Crippen LogP contribution in [0, 0.1) is 5.92 Å². The molecule has 0 aromatic carbocycles. The zero-order chi connectivity index (χ0) is 13.3. The van der Waals surface area contributed by atoms with Crippen LogP contribution in [-0.2, 0) is 4.79 Å². The Morgan fingerprint density at radius 3 is 2.18 bits per heavy atom. The molecule has 102 valence electrons. The van der Waals surface area contributed by atoms with Crippen molar-refractivity contribution < 1.29 is 15.0 Å². The van der Waals surface area contributed by atoms with E-state index in [9.17, 15) is 15.0 Å². The first-order chi connectivity index (χ1) is 8.09. The van der Waals surface area contributed by atoms with Crippen molar-refractivity contribution in [3.8, 4) is 0 Å². The Morgan fingerprint density at radius 1 is 1.24 bits per heavy atom. The second-order valence-corrected chi connectivity index (χ2v) is 4.69. The van der Waals surface area contributed by atoms with Gasteiger partial charge in [-0.05, 0) is 19.3 Å². The first-order valence-electron chi connectivity index (χ1n) is 6.62. The number of carbonyl (C=O) groups is 1. The summed E-state index contributed by atoms with van der Waals surface area (Å²) in [5.41, 5.74) is -0.864. The fraction of sp³-hybridized carbons (Fsp3) is 0.923. The van der Waals surface area contributed by atoms with Gasteiger partial charge in [-0.15, -0.1) is 0 Å². The van der Waals surface area contributed by atoms with E-state index in [0.29, 0.717) is 6.42 Å². The van der Waals surface area contributed by atoms with Crippen LogP contribution < -0.4 is 5.32 Å². The van der Waals surface area contributed by atoms with Gasteiger partial charge in [-0.25, -0.2) is 0 Å². The number of carbonyl (C=O) groups excluding carboxylic acids is 1. The highest BCUT2D eigenvalue weighted by Crippen LogP contribution is 2.16. The fourth-order valence-electron chi connectivity index (χ4n) is 1.78. The van der Waals surface area contributed by atoms with Gasteiger partial charge in [0.2, 0.25) is 5.91 Å². The number of aliphatic hydroxyl groups excluding tert-OH is 2. The molecule has 0 saturated heterocycles. The van der Waals surface area contributed by atoms with Gasteiger partial charge in [0.1, 0.15) is 0 Å². The van der Waals surface area contributed by atoms with Gasteiger partial charge in [-0.3, -0.25) is 4.79 Å². The molecular formula is C13H27NO3. The van der Waals surface area contributed by atoms with E-state index < -0.39 is 5.54 Å². The minimum atomic E-state index is -0.864. The van der Waals surface area contributed by atoms with Gasteiger partial charge in [0.05, 0.1) is 18.8 Å². The van der Waals surface area contributed by atoms with Gasteiger partial charge < -0.3 is 15.5 Å². The quantitative estimate of drug-likeness (QED) is 0.576. The van der Waals surface area contributed by atoms with Crippen molar-refractivity contribution in [3.63, 3.8) is 0 Å². The Morgan fingerprint density at radius 2 is 1.82 bits per heavy atom. The summed E-state index contributed by atoms with van der Waals surface area (Å²) in [6.07, 6.45) is 4.29. The van der Waals surface area contributed by atoms with Crippen molar-refractivity contribution in [2.24, 2.45) is 5.92 Å². The summed E-state index contributed by atoms with van der Waals surface area (Å²) >= 11 is 0. The molecule has 0 rings (SSSR count). The van der Waals surface area contributed by atoms with Crippen LogP contribution in [0.2, 0.25) is 0 Å². The predicted octanol–water partition coefficient (Wildman–Crippen LogP) is 1.45. The van der Waals surface area contributed by atoms with Crippen LogP contribution in [0.1, 0.15) is 52.9 Å². The van der Waals surface area contributed by atoms with E-state index in [0.717, 1.165) is 25.7 Å². The van der Waals surface area contributed by atoms with Crippen molar-refractivity contribution in [2.75, 3.05) is 13.2 Å². The van der Waals surface area contributed by atoms with Crippen molar-refractivity contribution in [1.29, 1.82) is 0 Å². The summed E-state index contributed by atoms with van der Waals surface area (Å²) in [5.74, 6) is -0.0649. The molecule has 0 saturated carbocycles. The fourth-order valence-corrected chi connectivity index (χ4v) is 1.78. The van der Waals surface area contributed by atoms with Gasteiger partial charge in [-0.2, -0.15) is 0 Å². The summed E-state index contributed by atoms with van der Waals surface area (Å²) in [6.45, 7) is 5.49. The molecule has 0 aliphatic rings. The number of amides is 1. The summed E-state index contributed by atoms with van der Waals surface area (Å²) in [4.78, 5) is 12.0. The van der Waals surface area contributed by atoms with E-state index in [1.165, 1.54) is 0 Å². The summed E-state index contributed by atoms with van der Waals surface area (Å²) in [6, 6.07) is 0. The average molecular weight is 245 g/mol. The van der Waals surface area contributed by atoms with E-state index >= 15 is 0 Å². The number of hydrogen-bond acceptors (Lipinski definition) is 3. The molecule has 0 fully saturated rings. The third-order valence-corrected chi connectivity index (χ3v) is 3.44. The first kappa shape index (κ1) is 16.4. The number of hydrogen-bond donors (Lipinski definition) is 3. The second kappa shape index (κ2) is 8.48. The van der Waals surface area contributed by atoms with Gasteiger partial charge >= 0.3 is 0 Å². The molecule has 0 aliphatic carbocycles. The SMILES string of the molecule is CCCCC(CC)C(=O)NC(CC)(CO)CO. The van der Waals surface area contributed by atoms with Crippen molar-refractivity contribution in [1.82, 2.24) is 5.32 Å². The van der Waals surface area contributed by atoms with Crippen LogP contribution >= 0.6 is 0 Å². The Balaban J connectivity index is 4.46. The Labute approximate surface area is 104 Å². The highest BCUT2D eigenvalue weighted by Gasteiger charge is 2.30. The average Bonchev–Trinajstić information content (AvgIpc) is 2.37. The molecule has 3 N–H and O–H groups in total. The normalized spacial score (nSPS) is 13.5. The molecule has 1 unspecified atom stereocenters. The van der Waals surface area contributed by atoms with Crippen molar-refractivity contribution in [2.45, 2.75) is 58.4 Å². The molecule has 0 aromatic heterocycles. The van der Waals surface area contributed by atoms with Gasteiger partial charge in [-0.1, -0.05) is 33.6 Å². The lowest BCUT2D eigenvalue weighted by Gasteiger charge is -2.31. The molecule has 4 heteroatoms. The Bertz CT molecular complexity index is 206. The zero-order valence-corrected chi connectivity index (χ0v) is 11.3. The molecule has 0 aromatic rings. The monoisotopic (exact) mass is 245 g/mol. The standard InChI is InChI=1S/C13H27NO3/c1-4-7-8-11(5-2)12(17)14-13(6-3,9-15)10-16/h11,15-16H,4-10H2,1-3H3,(H,14,17). The molecular weight excluding hydrogens is 218 g/mol. The summed E-state index contributed by atoms with van der Waals surface area (Å²) < 4.78 is 0.